The fourth-order valence-electron chi connectivity index (χ4n) is 2.46. The second-order valence-electron chi connectivity index (χ2n) is 5.33. The zero-order valence-electron chi connectivity index (χ0n) is 14.6. The molecule has 1 atom stereocenters. The van der Waals surface area contributed by atoms with Crippen LogP contribution in [-0.4, -0.2) is 80.9 Å². The van der Waals surface area contributed by atoms with Gasteiger partial charge in [-0.1, -0.05) is 0 Å². The minimum Gasteiger partial charge on any atom is -0.382 e. The topological polar surface area (TPSA) is 73.1 Å². The third-order valence-corrected chi connectivity index (χ3v) is 3.64. The van der Waals surface area contributed by atoms with E-state index in [9.17, 15) is 0 Å². The van der Waals surface area contributed by atoms with Crippen molar-refractivity contribution in [3.8, 4) is 0 Å². The van der Waals surface area contributed by atoms with Crippen LogP contribution in [0.2, 0.25) is 0 Å². The summed E-state index contributed by atoms with van der Waals surface area (Å²) in [6.45, 7) is 4.81. The number of nitrogens with zero attached hydrogens (tertiary/aromatic N) is 4. The lowest BCUT2D eigenvalue weighted by molar-refractivity contribution is -0.00819. The fourth-order valence-corrected chi connectivity index (χ4v) is 2.46. The van der Waals surface area contributed by atoms with Gasteiger partial charge in [-0.05, 0) is 0 Å². The summed E-state index contributed by atoms with van der Waals surface area (Å²) in [6, 6.07) is 0. The number of nitrogens with one attached hydrogen (secondary N) is 1. The van der Waals surface area contributed by atoms with Crippen LogP contribution in [0.4, 0.5) is 0 Å². The Morgan fingerprint density at radius 3 is 2.96 bits per heavy atom. The molecule has 0 aromatic carbocycles. The Kier molecular flexibility index (Phi) is 10.2. The van der Waals surface area contributed by atoms with E-state index in [0.717, 1.165) is 24.6 Å². The second-order valence-corrected chi connectivity index (χ2v) is 5.33. The molecule has 2 rings (SSSR count). The minimum absolute atomic E-state index is 0. The lowest BCUT2D eigenvalue weighted by Crippen LogP contribution is -2.48. The number of aryl methyl sites for hydroxylation is 1. The van der Waals surface area contributed by atoms with Crippen LogP contribution in [0, 0.1) is 0 Å². The van der Waals surface area contributed by atoms with Gasteiger partial charge in [-0.3, -0.25) is 9.67 Å². The summed E-state index contributed by atoms with van der Waals surface area (Å²) in [5.41, 5.74) is 1.09. The van der Waals surface area contributed by atoms with Crippen molar-refractivity contribution in [1.82, 2.24) is 20.0 Å². The van der Waals surface area contributed by atoms with Crippen LogP contribution in [0.5, 0.6) is 0 Å². The smallest absolute Gasteiger partial charge is 0.193 e. The van der Waals surface area contributed by atoms with Crippen molar-refractivity contribution < 1.29 is 14.2 Å². The maximum Gasteiger partial charge on any atom is 0.193 e. The Balaban J connectivity index is 0.00000288. The molecule has 0 amide bonds. The molecule has 0 saturated carbocycles. The second kappa shape index (κ2) is 11.6. The van der Waals surface area contributed by atoms with Gasteiger partial charge in [0.05, 0.1) is 39.2 Å². The normalized spacial score (nSPS) is 18.4. The van der Waals surface area contributed by atoms with E-state index in [4.69, 9.17) is 14.2 Å². The maximum atomic E-state index is 5.86. The van der Waals surface area contributed by atoms with Gasteiger partial charge in [0.2, 0.25) is 0 Å². The number of aliphatic imine (C=N–C) groups is 1. The molecule has 9 heteroatoms. The zero-order chi connectivity index (χ0) is 16.5. The minimum atomic E-state index is 0. The average molecular weight is 453 g/mol. The highest BCUT2D eigenvalue weighted by molar-refractivity contribution is 14.0. The summed E-state index contributed by atoms with van der Waals surface area (Å²) < 4.78 is 18.0. The van der Waals surface area contributed by atoms with Gasteiger partial charge in [0.1, 0.15) is 6.10 Å². The molecule has 1 unspecified atom stereocenters. The molecule has 0 aliphatic carbocycles. The summed E-state index contributed by atoms with van der Waals surface area (Å²) in [6.07, 6.45) is 3.87. The van der Waals surface area contributed by atoms with E-state index in [1.54, 1.807) is 18.8 Å². The largest absolute Gasteiger partial charge is 0.382 e. The molecule has 2 heterocycles. The first-order valence-electron chi connectivity index (χ1n) is 7.87. The SMILES string of the molecule is CN=C(NCCOCCOC)N1CCOC(c2cnn(C)c2)C1.I. The summed E-state index contributed by atoms with van der Waals surface area (Å²) in [5.74, 6) is 0.873. The maximum absolute atomic E-state index is 5.86. The molecule has 0 radical (unpaired) electrons. The molecule has 1 fully saturated rings. The Morgan fingerprint density at radius 1 is 1.46 bits per heavy atom. The lowest BCUT2D eigenvalue weighted by Gasteiger charge is -2.34. The van der Waals surface area contributed by atoms with E-state index in [1.165, 1.54) is 0 Å². The summed E-state index contributed by atoms with van der Waals surface area (Å²) in [4.78, 5) is 6.56. The number of aromatic nitrogens is 2. The third-order valence-electron chi connectivity index (χ3n) is 3.64. The van der Waals surface area contributed by atoms with Crippen LogP contribution in [0.1, 0.15) is 11.7 Å². The molecule has 1 aliphatic heterocycles. The fraction of sp³-hybridized carbons (Fsp3) is 0.733. The monoisotopic (exact) mass is 453 g/mol. The molecule has 1 aromatic rings. The van der Waals surface area contributed by atoms with Gasteiger partial charge < -0.3 is 24.4 Å². The van der Waals surface area contributed by atoms with E-state index < -0.39 is 0 Å². The Bertz CT molecular complexity index is 497. The van der Waals surface area contributed by atoms with Crippen molar-refractivity contribution in [1.29, 1.82) is 0 Å². The van der Waals surface area contributed by atoms with Crippen LogP contribution in [0.25, 0.3) is 0 Å². The highest BCUT2D eigenvalue weighted by Gasteiger charge is 2.24. The molecule has 1 N–H and O–H groups in total. The highest BCUT2D eigenvalue weighted by atomic mass is 127. The summed E-state index contributed by atoms with van der Waals surface area (Å²) >= 11 is 0. The third kappa shape index (κ3) is 6.54. The Hall–Kier alpha value is -0.910. The van der Waals surface area contributed by atoms with Crippen LogP contribution >= 0.6 is 24.0 Å². The number of hydrogen-bond donors (Lipinski definition) is 1. The average Bonchev–Trinajstić information content (AvgIpc) is 3.01. The molecule has 0 spiro atoms. The number of ether oxygens (including phenoxy) is 3. The molecule has 0 bridgehead atoms. The van der Waals surface area contributed by atoms with Crippen LogP contribution < -0.4 is 5.32 Å². The number of rotatable bonds is 7. The van der Waals surface area contributed by atoms with Gasteiger partial charge in [-0.2, -0.15) is 5.10 Å². The van der Waals surface area contributed by atoms with E-state index >= 15 is 0 Å². The predicted octanol–water partition coefficient (Wildman–Crippen LogP) is 0.650. The highest BCUT2D eigenvalue weighted by Crippen LogP contribution is 2.21. The van der Waals surface area contributed by atoms with Gasteiger partial charge in [-0.15, -0.1) is 24.0 Å². The zero-order valence-corrected chi connectivity index (χ0v) is 16.9. The van der Waals surface area contributed by atoms with Gasteiger partial charge in [0, 0.05) is 46.1 Å². The molecule has 24 heavy (non-hydrogen) atoms. The first kappa shape index (κ1) is 21.1. The van der Waals surface area contributed by atoms with E-state index in [1.807, 2.05) is 19.4 Å². The van der Waals surface area contributed by atoms with Crippen LogP contribution in [-0.2, 0) is 21.3 Å². The number of methoxy groups -OCH3 is 1. The summed E-state index contributed by atoms with van der Waals surface area (Å²) in [7, 11) is 5.37. The van der Waals surface area contributed by atoms with Crippen molar-refractivity contribution in [2.24, 2.45) is 12.0 Å². The number of halogens is 1. The quantitative estimate of drug-likeness (QED) is 0.283. The van der Waals surface area contributed by atoms with Gasteiger partial charge in [0.25, 0.3) is 0 Å². The van der Waals surface area contributed by atoms with Gasteiger partial charge in [-0.25, -0.2) is 0 Å². The lowest BCUT2D eigenvalue weighted by atomic mass is 10.1. The van der Waals surface area contributed by atoms with Crippen LogP contribution in [0.3, 0.4) is 0 Å². The Morgan fingerprint density at radius 2 is 2.29 bits per heavy atom. The molecular weight excluding hydrogens is 425 g/mol. The van der Waals surface area contributed by atoms with Crippen molar-refractivity contribution in [3.63, 3.8) is 0 Å². The van der Waals surface area contributed by atoms with Gasteiger partial charge >= 0.3 is 0 Å². The molecule has 138 valence electrons. The van der Waals surface area contributed by atoms with Crippen molar-refractivity contribution in [2.45, 2.75) is 6.10 Å². The predicted molar refractivity (Wildman–Crippen MR) is 103 cm³/mol. The van der Waals surface area contributed by atoms with Crippen LogP contribution in [0.15, 0.2) is 17.4 Å². The standard InChI is InChI=1S/C15H27N5O3.HI/c1-16-15(17-4-6-22-9-8-21-3)20-5-7-23-14(12-20)13-10-18-19(2)11-13;/h10-11,14H,4-9,12H2,1-3H3,(H,16,17);1H. The molecule has 1 saturated heterocycles. The van der Waals surface area contributed by atoms with E-state index in [2.05, 4.69) is 20.3 Å². The van der Waals surface area contributed by atoms with Crippen molar-refractivity contribution in [2.75, 3.05) is 60.2 Å². The number of hydrogen-bond acceptors (Lipinski definition) is 5. The van der Waals surface area contributed by atoms with Crippen molar-refractivity contribution >= 4 is 29.9 Å². The molecule has 1 aromatic heterocycles. The van der Waals surface area contributed by atoms with Crippen molar-refractivity contribution in [3.05, 3.63) is 18.0 Å². The number of guanidine groups is 1. The van der Waals surface area contributed by atoms with Gasteiger partial charge in [0.15, 0.2) is 5.96 Å². The molecule has 1 aliphatic rings. The number of morpholine rings is 1. The van der Waals surface area contributed by atoms with E-state index in [0.29, 0.717) is 33.0 Å². The first-order valence-corrected chi connectivity index (χ1v) is 7.87. The molecule has 8 nitrogen and oxygen atoms in total. The Labute approximate surface area is 160 Å². The summed E-state index contributed by atoms with van der Waals surface area (Å²) in [5, 5.41) is 7.54. The first-order chi connectivity index (χ1) is 11.2. The molecular formula is C15H28IN5O3. The van der Waals surface area contributed by atoms with E-state index in [-0.39, 0.29) is 30.1 Å².